The van der Waals surface area contributed by atoms with Crippen molar-refractivity contribution >= 4 is 34.1 Å². The molecule has 0 saturated heterocycles. The van der Waals surface area contributed by atoms with E-state index in [1.54, 1.807) is 29.1 Å². The molecule has 1 N–H and O–H groups in total. The highest BCUT2D eigenvalue weighted by atomic mass is 35.5. The van der Waals surface area contributed by atoms with Gasteiger partial charge in [-0.3, -0.25) is 4.68 Å². The first-order valence-electron chi connectivity index (χ1n) is 7.41. The van der Waals surface area contributed by atoms with Gasteiger partial charge in [0.05, 0.1) is 11.1 Å². The van der Waals surface area contributed by atoms with Gasteiger partial charge in [-0.1, -0.05) is 0 Å². The van der Waals surface area contributed by atoms with Crippen LogP contribution in [0.3, 0.4) is 0 Å². The summed E-state index contributed by atoms with van der Waals surface area (Å²) in [5.74, 6) is 0.634. The minimum absolute atomic E-state index is 0. The molecule has 0 atom stereocenters. The Morgan fingerprint density at radius 1 is 1.12 bits per heavy atom. The first kappa shape index (κ1) is 16.9. The number of hydrogen-bond donors (Lipinski definition) is 1. The smallest absolute Gasteiger partial charge is 0.344 e. The van der Waals surface area contributed by atoms with Gasteiger partial charge in [0.2, 0.25) is 0 Å². The molecule has 0 fully saturated rings. The maximum atomic E-state index is 12.1. The van der Waals surface area contributed by atoms with E-state index in [1.165, 1.54) is 6.07 Å². The molecule has 0 radical (unpaired) electrons. The van der Waals surface area contributed by atoms with E-state index in [0.29, 0.717) is 23.3 Å². The fourth-order valence-corrected chi connectivity index (χ4v) is 2.69. The number of fused-ring (bicyclic) bond motifs is 3. The summed E-state index contributed by atoms with van der Waals surface area (Å²) in [7, 11) is 1.85. The normalized spacial score (nSPS) is 10.8. The first-order chi connectivity index (χ1) is 11.6. The van der Waals surface area contributed by atoms with Crippen LogP contribution in [0.4, 0.5) is 0 Å². The predicted molar refractivity (Wildman–Crippen MR) is 96.4 cm³/mol. The maximum absolute atomic E-state index is 12.1. The Balaban J connectivity index is 0.00000182. The van der Waals surface area contributed by atoms with Crippen LogP contribution in [0, 0.1) is 0 Å². The van der Waals surface area contributed by atoms with Gasteiger partial charge in [0.15, 0.2) is 0 Å². The summed E-state index contributed by atoms with van der Waals surface area (Å²) in [4.78, 5) is 12.1. The number of ether oxygens (including phenoxy) is 1. The molecule has 25 heavy (non-hydrogen) atoms. The van der Waals surface area contributed by atoms with Crippen LogP contribution in [0.2, 0.25) is 0 Å². The molecule has 2 heterocycles. The van der Waals surface area contributed by atoms with Gasteiger partial charge in [-0.05, 0) is 36.4 Å². The van der Waals surface area contributed by atoms with Gasteiger partial charge in [-0.25, -0.2) is 4.79 Å². The van der Waals surface area contributed by atoms with Gasteiger partial charge in [0.25, 0.3) is 0 Å². The zero-order valence-electron chi connectivity index (χ0n) is 13.3. The van der Waals surface area contributed by atoms with Crippen LogP contribution in [0.5, 0.6) is 11.5 Å². The van der Waals surface area contributed by atoms with Gasteiger partial charge >= 0.3 is 5.63 Å². The second kappa shape index (κ2) is 6.49. The molecule has 0 saturated carbocycles. The molecular weight excluding hydrogens is 344 g/mol. The quantitative estimate of drug-likeness (QED) is 0.448. The fourth-order valence-electron chi connectivity index (χ4n) is 2.69. The molecule has 0 unspecified atom stereocenters. The van der Waals surface area contributed by atoms with Gasteiger partial charge in [-0.2, -0.15) is 5.10 Å². The lowest BCUT2D eigenvalue weighted by Gasteiger charge is -2.08. The summed E-state index contributed by atoms with van der Waals surface area (Å²) in [5, 5.41) is 15.5. The number of phenolic OH excluding ortho intramolecular Hbond substituents is 1. The highest BCUT2D eigenvalue weighted by Crippen LogP contribution is 2.28. The number of aromatic nitrogens is 2. The molecule has 0 amide bonds. The van der Waals surface area contributed by atoms with Crippen molar-refractivity contribution in [3.63, 3.8) is 0 Å². The molecule has 128 valence electrons. The van der Waals surface area contributed by atoms with Gasteiger partial charge in [-0.15, -0.1) is 12.4 Å². The van der Waals surface area contributed by atoms with Crippen LogP contribution in [-0.2, 0) is 13.7 Å². The second-order valence-corrected chi connectivity index (χ2v) is 5.51. The lowest BCUT2D eigenvalue weighted by Crippen LogP contribution is -2.03. The van der Waals surface area contributed by atoms with E-state index in [1.807, 2.05) is 25.2 Å². The number of phenols is 1. The summed E-state index contributed by atoms with van der Waals surface area (Å²) in [5.41, 5.74) is 0.892. The highest BCUT2D eigenvalue weighted by Gasteiger charge is 2.09. The largest absolute Gasteiger partial charge is 0.508 e. The van der Waals surface area contributed by atoms with Crippen LogP contribution in [0.25, 0.3) is 21.7 Å². The summed E-state index contributed by atoms with van der Waals surface area (Å²) in [6.45, 7) is 0.369. The summed E-state index contributed by atoms with van der Waals surface area (Å²) in [6.07, 6.45) is 1.71. The number of rotatable bonds is 3. The van der Waals surface area contributed by atoms with Crippen molar-refractivity contribution in [3.05, 3.63) is 64.8 Å². The molecule has 0 aliphatic carbocycles. The zero-order chi connectivity index (χ0) is 16.7. The van der Waals surface area contributed by atoms with Crippen molar-refractivity contribution in [1.82, 2.24) is 9.78 Å². The van der Waals surface area contributed by atoms with E-state index >= 15 is 0 Å². The van der Waals surface area contributed by atoms with Gasteiger partial charge < -0.3 is 14.3 Å². The second-order valence-electron chi connectivity index (χ2n) is 5.51. The van der Waals surface area contributed by atoms with Crippen LogP contribution >= 0.6 is 12.4 Å². The first-order valence-corrected chi connectivity index (χ1v) is 7.41. The summed E-state index contributed by atoms with van der Waals surface area (Å²) >= 11 is 0. The Kier molecular flexibility index (Phi) is 4.37. The van der Waals surface area contributed by atoms with Crippen molar-refractivity contribution in [3.8, 4) is 11.5 Å². The van der Waals surface area contributed by atoms with Crippen LogP contribution in [-0.4, -0.2) is 14.9 Å². The standard InChI is InChI=1S/C18H14N2O4.ClH/c1-20-11(6-7-19-20)10-23-13-3-5-15-14-4-2-12(21)8-16(14)18(22)24-17(15)9-13;/h2-9,21H,10H2,1H3;1H. The number of nitrogens with zero attached hydrogens (tertiary/aromatic N) is 2. The lowest BCUT2D eigenvalue weighted by molar-refractivity contribution is 0.295. The number of aryl methyl sites for hydroxylation is 1. The van der Waals surface area contributed by atoms with E-state index in [4.69, 9.17) is 9.15 Å². The zero-order valence-corrected chi connectivity index (χ0v) is 14.1. The van der Waals surface area contributed by atoms with E-state index in [2.05, 4.69) is 5.10 Å². The van der Waals surface area contributed by atoms with Crippen molar-refractivity contribution < 1.29 is 14.3 Å². The molecule has 0 spiro atoms. The average molecular weight is 359 g/mol. The fraction of sp³-hybridized carbons (Fsp3) is 0.111. The van der Waals surface area contributed by atoms with Crippen LogP contribution < -0.4 is 10.4 Å². The number of benzene rings is 2. The number of halogens is 1. The highest BCUT2D eigenvalue weighted by molar-refractivity contribution is 6.04. The third kappa shape index (κ3) is 3.04. The molecule has 0 aliphatic heterocycles. The van der Waals surface area contributed by atoms with E-state index in [-0.39, 0.29) is 18.2 Å². The molecule has 2 aromatic carbocycles. The van der Waals surface area contributed by atoms with Crippen LogP contribution in [0.1, 0.15) is 5.69 Å². The minimum Gasteiger partial charge on any atom is -0.508 e. The van der Waals surface area contributed by atoms with Crippen LogP contribution in [0.15, 0.2) is 57.9 Å². The predicted octanol–water partition coefficient (Wildman–Crippen LogP) is 3.39. The molecule has 6 nitrogen and oxygen atoms in total. The average Bonchev–Trinajstić information content (AvgIpc) is 2.98. The number of hydrogen-bond acceptors (Lipinski definition) is 5. The molecule has 0 bridgehead atoms. The third-order valence-electron chi connectivity index (χ3n) is 3.98. The molecule has 0 aliphatic rings. The summed E-state index contributed by atoms with van der Waals surface area (Å²) < 4.78 is 12.9. The number of aromatic hydroxyl groups is 1. The Morgan fingerprint density at radius 3 is 2.68 bits per heavy atom. The maximum Gasteiger partial charge on any atom is 0.344 e. The van der Waals surface area contributed by atoms with E-state index in [9.17, 15) is 9.90 Å². The Labute approximate surface area is 148 Å². The van der Waals surface area contributed by atoms with E-state index < -0.39 is 5.63 Å². The Hall–Kier alpha value is -2.99. The molecule has 4 rings (SSSR count). The van der Waals surface area contributed by atoms with Gasteiger partial charge in [0, 0.05) is 30.1 Å². The lowest BCUT2D eigenvalue weighted by atomic mass is 10.1. The SMILES string of the molecule is Cl.Cn1nccc1COc1ccc2c(c1)oc(=O)c1cc(O)ccc12. The van der Waals surface area contributed by atoms with Gasteiger partial charge in [0.1, 0.15) is 23.7 Å². The molecular formula is C18H15ClN2O4. The topological polar surface area (TPSA) is 77.5 Å². The van der Waals surface area contributed by atoms with Crippen molar-refractivity contribution in [1.29, 1.82) is 0 Å². The molecule has 4 aromatic rings. The molecule has 7 heteroatoms. The van der Waals surface area contributed by atoms with Crippen molar-refractivity contribution in [2.45, 2.75) is 6.61 Å². The van der Waals surface area contributed by atoms with E-state index in [0.717, 1.165) is 16.5 Å². The van der Waals surface area contributed by atoms with Crippen molar-refractivity contribution in [2.75, 3.05) is 0 Å². The Bertz CT molecular complexity index is 1120. The summed E-state index contributed by atoms with van der Waals surface area (Å²) in [6, 6.07) is 11.9. The van der Waals surface area contributed by atoms with Crippen molar-refractivity contribution in [2.24, 2.45) is 7.05 Å². The third-order valence-corrected chi connectivity index (χ3v) is 3.98. The Morgan fingerprint density at radius 2 is 1.92 bits per heavy atom. The minimum atomic E-state index is -0.489. The monoisotopic (exact) mass is 358 g/mol. The molecule has 2 aromatic heterocycles.